The van der Waals surface area contributed by atoms with Crippen LogP contribution in [0.4, 0.5) is 4.79 Å². The maximum atomic E-state index is 11.9. The maximum Gasteiger partial charge on any atom is 0.323 e. The number of rotatable bonds is 6. The lowest BCUT2D eigenvalue weighted by Gasteiger charge is -2.19. The number of urea groups is 1. The lowest BCUT2D eigenvalue weighted by Crippen LogP contribution is -2.42. The summed E-state index contributed by atoms with van der Waals surface area (Å²) in [6.45, 7) is -0.282. The third-order valence-corrected chi connectivity index (χ3v) is 2.52. The Morgan fingerprint density at radius 3 is 2.75 bits per heavy atom. The molecule has 0 aliphatic rings. The molecule has 0 heterocycles. The van der Waals surface area contributed by atoms with Crippen LogP contribution in [-0.4, -0.2) is 42.2 Å². The zero-order valence-electron chi connectivity index (χ0n) is 11.1. The van der Waals surface area contributed by atoms with Crippen molar-refractivity contribution >= 4 is 12.0 Å². The molecule has 2 N–H and O–H groups in total. The predicted molar refractivity (Wildman–Crippen MR) is 73.3 cm³/mol. The van der Waals surface area contributed by atoms with Crippen LogP contribution >= 0.6 is 0 Å². The summed E-state index contributed by atoms with van der Waals surface area (Å²) >= 11 is 0. The van der Waals surface area contributed by atoms with Crippen LogP contribution in [0, 0.1) is 12.3 Å². The smallest absolute Gasteiger partial charge is 0.323 e. The largest absolute Gasteiger partial charge is 0.496 e. The van der Waals surface area contributed by atoms with E-state index in [0.29, 0.717) is 5.75 Å². The SMILES string of the molecule is C#CCN(CC(=O)O)C(=O)NCc1ccccc1OC. The minimum absolute atomic E-state index is 0.0654. The van der Waals surface area contributed by atoms with Crippen molar-refractivity contribution in [2.75, 3.05) is 20.2 Å². The van der Waals surface area contributed by atoms with Crippen LogP contribution in [0.2, 0.25) is 0 Å². The van der Waals surface area contributed by atoms with E-state index in [2.05, 4.69) is 11.2 Å². The van der Waals surface area contributed by atoms with Gasteiger partial charge in [0.1, 0.15) is 12.3 Å². The fraction of sp³-hybridized carbons (Fsp3) is 0.286. The summed E-state index contributed by atoms with van der Waals surface area (Å²) in [6, 6.07) is 6.69. The first kappa shape index (κ1) is 15.4. The molecule has 0 saturated carbocycles. The van der Waals surface area contributed by atoms with E-state index in [4.69, 9.17) is 16.3 Å². The van der Waals surface area contributed by atoms with Crippen molar-refractivity contribution < 1.29 is 19.4 Å². The number of ether oxygens (including phenoxy) is 1. The number of nitrogens with zero attached hydrogens (tertiary/aromatic N) is 1. The molecule has 0 spiro atoms. The number of benzene rings is 1. The first-order valence-corrected chi connectivity index (χ1v) is 5.88. The van der Waals surface area contributed by atoms with Gasteiger partial charge in [-0.15, -0.1) is 6.42 Å². The highest BCUT2D eigenvalue weighted by atomic mass is 16.5. The molecule has 6 heteroatoms. The molecule has 0 aliphatic carbocycles. The molecule has 0 bridgehead atoms. The van der Waals surface area contributed by atoms with Gasteiger partial charge in [-0.25, -0.2) is 4.79 Å². The Labute approximate surface area is 117 Å². The first-order valence-electron chi connectivity index (χ1n) is 5.88. The van der Waals surface area contributed by atoms with Gasteiger partial charge in [0, 0.05) is 12.1 Å². The highest BCUT2D eigenvalue weighted by Gasteiger charge is 2.15. The van der Waals surface area contributed by atoms with Crippen LogP contribution in [-0.2, 0) is 11.3 Å². The second kappa shape index (κ2) is 7.69. The standard InChI is InChI=1S/C14H16N2O4/c1-3-8-16(10-13(17)18)14(19)15-9-11-6-4-5-7-12(11)20-2/h1,4-7H,8-10H2,2H3,(H,15,19)(H,17,18). The van der Waals surface area contributed by atoms with Gasteiger partial charge in [-0.3, -0.25) is 4.79 Å². The van der Waals surface area contributed by atoms with Crippen molar-refractivity contribution in [1.29, 1.82) is 0 Å². The second-order valence-corrected chi connectivity index (χ2v) is 3.92. The van der Waals surface area contributed by atoms with Gasteiger partial charge in [0.05, 0.1) is 13.7 Å². The Balaban J connectivity index is 2.65. The lowest BCUT2D eigenvalue weighted by molar-refractivity contribution is -0.137. The van der Waals surface area contributed by atoms with E-state index < -0.39 is 18.5 Å². The molecule has 0 radical (unpaired) electrons. The molecule has 0 atom stereocenters. The van der Waals surface area contributed by atoms with Crippen molar-refractivity contribution in [2.45, 2.75) is 6.54 Å². The van der Waals surface area contributed by atoms with Gasteiger partial charge in [0.2, 0.25) is 0 Å². The number of hydrogen-bond donors (Lipinski definition) is 2. The topological polar surface area (TPSA) is 78.9 Å². The zero-order valence-corrected chi connectivity index (χ0v) is 11.1. The molecule has 2 amide bonds. The van der Waals surface area contributed by atoms with Crippen LogP contribution in [0.1, 0.15) is 5.56 Å². The summed E-state index contributed by atoms with van der Waals surface area (Å²) in [4.78, 5) is 23.5. The third-order valence-electron chi connectivity index (χ3n) is 2.52. The maximum absolute atomic E-state index is 11.9. The Morgan fingerprint density at radius 2 is 2.15 bits per heavy atom. The van der Waals surface area contributed by atoms with E-state index in [1.54, 1.807) is 6.07 Å². The summed E-state index contributed by atoms with van der Waals surface area (Å²) < 4.78 is 5.16. The number of amides is 2. The fourth-order valence-corrected chi connectivity index (χ4v) is 1.60. The van der Waals surface area contributed by atoms with Crippen molar-refractivity contribution in [2.24, 2.45) is 0 Å². The highest BCUT2D eigenvalue weighted by Crippen LogP contribution is 2.16. The molecule has 20 heavy (non-hydrogen) atoms. The number of carbonyl (C=O) groups is 2. The van der Waals surface area contributed by atoms with Crippen molar-refractivity contribution in [3.05, 3.63) is 29.8 Å². The van der Waals surface area contributed by atoms with Crippen LogP contribution in [0.15, 0.2) is 24.3 Å². The molecule has 1 rings (SSSR count). The van der Waals surface area contributed by atoms with Gasteiger partial charge in [-0.05, 0) is 6.07 Å². The van der Waals surface area contributed by atoms with Crippen molar-refractivity contribution in [3.8, 4) is 18.1 Å². The second-order valence-electron chi connectivity index (χ2n) is 3.92. The van der Waals surface area contributed by atoms with E-state index in [1.165, 1.54) is 7.11 Å². The van der Waals surface area contributed by atoms with Gasteiger partial charge >= 0.3 is 12.0 Å². The number of methoxy groups -OCH3 is 1. The molecule has 1 aromatic rings. The number of aliphatic carboxylic acids is 1. The van der Waals surface area contributed by atoms with Crippen molar-refractivity contribution in [1.82, 2.24) is 10.2 Å². The highest BCUT2D eigenvalue weighted by molar-refractivity contribution is 5.80. The molecule has 0 fully saturated rings. The van der Waals surface area contributed by atoms with Crippen LogP contribution in [0.25, 0.3) is 0 Å². The number of terminal acetylenes is 1. The summed E-state index contributed by atoms with van der Waals surface area (Å²) in [5, 5.41) is 11.3. The van der Waals surface area contributed by atoms with E-state index >= 15 is 0 Å². The normalized spacial score (nSPS) is 9.40. The number of hydrogen-bond acceptors (Lipinski definition) is 3. The summed E-state index contributed by atoms with van der Waals surface area (Å²) in [5.74, 6) is 1.78. The molecule has 6 nitrogen and oxygen atoms in total. The van der Waals surface area contributed by atoms with E-state index in [0.717, 1.165) is 10.5 Å². The minimum Gasteiger partial charge on any atom is -0.496 e. The number of para-hydroxylation sites is 1. The van der Waals surface area contributed by atoms with Gasteiger partial charge < -0.3 is 20.1 Å². The summed E-state index contributed by atoms with van der Waals surface area (Å²) in [6.07, 6.45) is 5.11. The molecule has 106 valence electrons. The van der Waals surface area contributed by atoms with Gasteiger partial charge in [-0.1, -0.05) is 24.1 Å². The van der Waals surface area contributed by atoms with Crippen LogP contribution < -0.4 is 10.1 Å². The van der Waals surface area contributed by atoms with Gasteiger partial charge in [0.15, 0.2) is 0 Å². The predicted octanol–water partition coefficient (Wildman–Crippen LogP) is 0.925. The number of carbonyl (C=O) groups excluding carboxylic acids is 1. The molecule has 0 unspecified atom stereocenters. The lowest BCUT2D eigenvalue weighted by atomic mass is 10.2. The molecular weight excluding hydrogens is 260 g/mol. The minimum atomic E-state index is -1.12. The van der Waals surface area contributed by atoms with E-state index in [-0.39, 0.29) is 13.1 Å². The Hall–Kier alpha value is -2.68. The number of carboxylic acids is 1. The quantitative estimate of drug-likeness (QED) is 0.757. The third kappa shape index (κ3) is 4.53. The number of nitrogens with one attached hydrogen (secondary N) is 1. The Bertz CT molecular complexity index is 522. The molecule has 0 aliphatic heterocycles. The molecule has 0 saturated heterocycles. The average molecular weight is 276 g/mol. The first-order chi connectivity index (χ1) is 9.58. The van der Waals surface area contributed by atoms with Gasteiger partial charge in [-0.2, -0.15) is 0 Å². The summed E-state index contributed by atoms with van der Waals surface area (Å²) in [7, 11) is 1.54. The fourth-order valence-electron chi connectivity index (χ4n) is 1.60. The van der Waals surface area contributed by atoms with Crippen LogP contribution in [0.5, 0.6) is 5.75 Å². The Kier molecular flexibility index (Phi) is 5.91. The van der Waals surface area contributed by atoms with Gasteiger partial charge in [0.25, 0.3) is 0 Å². The zero-order chi connectivity index (χ0) is 15.0. The molecule has 0 aromatic heterocycles. The van der Waals surface area contributed by atoms with Crippen LogP contribution in [0.3, 0.4) is 0 Å². The summed E-state index contributed by atoms with van der Waals surface area (Å²) in [5.41, 5.74) is 0.791. The number of carboxylic acid groups (broad SMARTS) is 1. The molecule has 1 aromatic carbocycles. The Morgan fingerprint density at radius 1 is 1.45 bits per heavy atom. The molecular formula is C14H16N2O4. The van der Waals surface area contributed by atoms with E-state index in [1.807, 2.05) is 18.2 Å². The van der Waals surface area contributed by atoms with Crippen molar-refractivity contribution in [3.63, 3.8) is 0 Å². The van der Waals surface area contributed by atoms with E-state index in [9.17, 15) is 9.59 Å². The average Bonchev–Trinajstić information content (AvgIpc) is 2.44. The monoisotopic (exact) mass is 276 g/mol.